The van der Waals surface area contributed by atoms with Gasteiger partial charge in [-0.1, -0.05) is 17.3 Å². The second-order valence-electron chi connectivity index (χ2n) is 6.61. The van der Waals surface area contributed by atoms with Gasteiger partial charge in [-0.25, -0.2) is 0 Å². The van der Waals surface area contributed by atoms with Gasteiger partial charge in [-0.05, 0) is 26.8 Å². The summed E-state index contributed by atoms with van der Waals surface area (Å²) in [5.74, 6) is 2.34. The van der Waals surface area contributed by atoms with Gasteiger partial charge in [-0.15, -0.1) is 11.8 Å². The number of carbonyl (C=O) groups is 2. The van der Waals surface area contributed by atoms with Crippen molar-refractivity contribution in [2.45, 2.75) is 32.6 Å². The van der Waals surface area contributed by atoms with E-state index >= 15 is 0 Å². The van der Waals surface area contributed by atoms with Crippen LogP contribution < -0.4 is 14.8 Å². The maximum Gasteiger partial charge on any atom is 0.238 e. The molecule has 0 spiro atoms. The summed E-state index contributed by atoms with van der Waals surface area (Å²) in [7, 11) is 0. The standard InChI is InChI=1S/C20H25N3O5S/c1-4-23(11-15-6-5-7-16-19(15)27-9-8-26-16)18(24)12-29-14(3)20(25)21-17-10-13(2)28-22-17/h5-7,10,14H,4,8-9,11-12H2,1-3H3,(H,21,22,25). The summed E-state index contributed by atoms with van der Waals surface area (Å²) < 4.78 is 16.3. The van der Waals surface area contributed by atoms with Crippen molar-refractivity contribution in [3.05, 3.63) is 35.6 Å². The smallest absolute Gasteiger partial charge is 0.238 e. The molecule has 1 unspecified atom stereocenters. The van der Waals surface area contributed by atoms with Gasteiger partial charge in [0, 0.05) is 24.7 Å². The van der Waals surface area contributed by atoms with Crippen molar-refractivity contribution in [1.82, 2.24) is 10.1 Å². The van der Waals surface area contributed by atoms with Crippen molar-refractivity contribution in [2.75, 3.05) is 30.8 Å². The lowest BCUT2D eigenvalue weighted by atomic mass is 10.1. The summed E-state index contributed by atoms with van der Waals surface area (Å²) in [6.45, 7) is 7.45. The quantitative estimate of drug-likeness (QED) is 0.703. The molecule has 0 bridgehead atoms. The number of carbonyl (C=O) groups excluding carboxylic acids is 2. The topological polar surface area (TPSA) is 93.9 Å². The van der Waals surface area contributed by atoms with Gasteiger partial charge in [-0.3, -0.25) is 9.59 Å². The molecule has 9 heteroatoms. The Hall–Kier alpha value is -2.68. The van der Waals surface area contributed by atoms with Crippen molar-refractivity contribution in [3.8, 4) is 11.5 Å². The molecule has 1 atom stereocenters. The molecule has 1 N–H and O–H groups in total. The number of benzene rings is 1. The fourth-order valence-electron chi connectivity index (χ4n) is 2.86. The molecule has 156 valence electrons. The first-order chi connectivity index (χ1) is 14.0. The van der Waals surface area contributed by atoms with Gasteiger partial charge < -0.3 is 24.2 Å². The number of aryl methyl sites for hydroxylation is 1. The zero-order valence-electron chi connectivity index (χ0n) is 16.8. The second kappa shape index (κ2) is 9.69. The maximum atomic E-state index is 12.7. The molecule has 0 aliphatic carbocycles. The van der Waals surface area contributed by atoms with Crippen LogP contribution >= 0.6 is 11.8 Å². The molecular formula is C20H25N3O5S. The van der Waals surface area contributed by atoms with Gasteiger partial charge in [0.2, 0.25) is 11.8 Å². The third-order valence-electron chi connectivity index (χ3n) is 4.45. The van der Waals surface area contributed by atoms with Crippen molar-refractivity contribution < 1.29 is 23.6 Å². The zero-order valence-corrected chi connectivity index (χ0v) is 17.6. The van der Waals surface area contributed by atoms with E-state index in [4.69, 9.17) is 14.0 Å². The van der Waals surface area contributed by atoms with Crippen LogP contribution in [0.2, 0.25) is 0 Å². The minimum absolute atomic E-state index is 0.0382. The molecule has 0 saturated carbocycles. The molecular weight excluding hydrogens is 394 g/mol. The summed E-state index contributed by atoms with van der Waals surface area (Å²) in [5.41, 5.74) is 0.912. The predicted molar refractivity (Wildman–Crippen MR) is 110 cm³/mol. The van der Waals surface area contributed by atoms with E-state index in [0.717, 1.165) is 5.56 Å². The SMILES string of the molecule is CCN(Cc1cccc2c1OCCO2)C(=O)CSC(C)C(=O)Nc1cc(C)on1. The van der Waals surface area contributed by atoms with Crippen molar-refractivity contribution in [1.29, 1.82) is 0 Å². The minimum Gasteiger partial charge on any atom is -0.486 e. The predicted octanol–water partition coefficient (Wildman–Crippen LogP) is 2.86. The fraction of sp³-hybridized carbons (Fsp3) is 0.450. The number of para-hydroxylation sites is 1. The Kier molecular flexibility index (Phi) is 7.03. The highest BCUT2D eigenvalue weighted by Crippen LogP contribution is 2.34. The van der Waals surface area contributed by atoms with Crippen molar-refractivity contribution in [3.63, 3.8) is 0 Å². The molecule has 0 fully saturated rings. The Labute approximate surface area is 173 Å². The van der Waals surface area contributed by atoms with Crippen LogP contribution in [0.15, 0.2) is 28.8 Å². The Balaban J connectivity index is 1.54. The first-order valence-electron chi connectivity index (χ1n) is 9.49. The first-order valence-corrected chi connectivity index (χ1v) is 10.5. The Morgan fingerprint density at radius 3 is 2.83 bits per heavy atom. The molecule has 1 aromatic carbocycles. The highest BCUT2D eigenvalue weighted by Gasteiger charge is 2.22. The lowest BCUT2D eigenvalue weighted by Crippen LogP contribution is -2.33. The Morgan fingerprint density at radius 2 is 2.10 bits per heavy atom. The number of ether oxygens (including phenoxy) is 2. The molecule has 29 heavy (non-hydrogen) atoms. The molecule has 1 aromatic heterocycles. The lowest BCUT2D eigenvalue weighted by Gasteiger charge is -2.25. The van der Waals surface area contributed by atoms with Crippen LogP contribution in [0.1, 0.15) is 25.2 Å². The summed E-state index contributed by atoms with van der Waals surface area (Å²) in [4.78, 5) is 26.7. The highest BCUT2D eigenvalue weighted by atomic mass is 32.2. The Morgan fingerprint density at radius 1 is 1.31 bits per heavy atom. The first kappa shape index (κ1) is 21.0. The lowest BCUT2D eigenvalue weighted by molar-refractivity contribution is -0.128. The zero-order chi connectivity index (χ0) is 20.8. The van der Waals surface area contributed by atoms with E-state index in [1.54, 1.807) is 24.8 Å². The van der Waals surface area contributed by atoms with E-state index in [0.29, 0.717) is 49.4 Å². The number of hydrogen-bond acceptors (Lipinski definition) is 7. The van der Waals surface area contributed by atoms with Gasteiger partial charge in [-0.2, -0.15) is 0 Å². The largest absolute Gasteiger partial charge is 0.486 e. The monoisotopic (exact) mass is 419 g/mol. The number of nitrogens with one attached hydrogen (secondary N) is 1. The van der Waals surface area contributed by atoms with Crippen molar-refractivity contribution >= 4 is 29.4 Å². The number of fused-ring (bicyclic) bond motifs is 1. The van der Waals surface area contributed by atoms with Gasteiger partial charge in [0.05, 0.1) is 11.0 Å². The molecule has 0 radical (unpaired) electrons. The van der Waals surface area contributed by atoms with Gasteiger partial charge in [0.25, 0.3) is 0 Å². The van der Waals surface area contributed by atoms with E-state index in [-0.39, 0.29) is 17.6 Å². The van der Waals surface area contributed by atoms with Crippen LogP contribution in [-0.2, 0) is 16.1 Å². The van der Waals surface area contributed by atoms with E-state index in [9.17, 15) is 9.59 Å². The highest BCUT2D eigenvalue weighted by molar-refractivity contribution is 8.01. The molecule has 2 amide bonds. The van der Waals surface area contributed by atoms with E-state index in [2.05, 4.69) is 10.5 Å². The second-order valence-corrected chi connectivity index (χ2v) is 7.94. The van der Waals surface area contributed by atoms with E-state index in [1.165, 1.54) is 11.8 Å². The number of anilines is 1. The van der Waals surface area contributed by atoms with Crippen LogP contribution in [0.5, 0.6) is 11.5 Å². The number of nitrogens with zero attached hydrogens (tertiary/aromatic N) is 2. The summed E-state index contributed by atoms with van der Waals surface area (Å²) in [6.07, 6.45) is 0. The van der Waals surface area contributed by atoms with Gasteiger partial charge in [0.1, 0.15) is 19.0 Å². The summed E-state index contributed by atoms with van der Waals surface area (Å²) >= 11 is 1.28. The average Bonchev–Trinajstić information content (AvgIpc) is 3.14. The van der Waals surface area contributed by atoms with E-state index in [1.807, 2.05) is 25.1 Å². The molecule has 0 saturated heterocycles. The molecule has 1 aliphatic rings. The third kappa shape index (κ3) is 5.44. The summed E-state index contributed by atoms with van der Waals surface area (Å²) in [5, 5.41) is 6.02. The molecule has 8 nitrogen and oxygen atoms in total. The van der Waals surface area contributed by atoms with Crippen molar-refractivity contribution in [2.24, 2.45) is 0 Å². The maximum absolute atomic E-state index is 12.7. The molecule has 3 rings (SSSR count). The fourth-order valence-corrected chi connectivity index (χ4v) is 3.64. The number of thioether (sulfide) groups is 1. The van der Waals surface area contributed by atoms with Crippen LogP contribution in [0.3, 0.4) is 0 Å². The summed E-state index contributed by atoms with van der Waals surface area (Å²) in [6, 6.07) is 7.34. The number of rotatable bonds is 8. The van der Waals surface area contributed by atoms with Crippen LogP contribution in [0.4, 0.5) is 5.82 Å². The normalized spacial score (nSPS) is 13.6. The Bertz CT molecular complexity index is 870. The minimum atomic E-state index is -0.407. The number of amides is 2. The third-order valence-corrected chi connectivity index (χ3v) is 5.58. The van der Waals surface area contributed by atoms with Crippen LogP contribution in [-0.4, -0.2) is 52.6 Å². The number of hydrogen-bond donors (Lipinski definition) is 1. The van der Waals surface area contributed by atoms with E-state index < -0.39 is 5.25 Å². The number of aromatic nitrogens is 1. The molecule has 2 heterocycles. The molecule has 1 aliphatic heterocycles. The van der Waals surface area contributed by atoms with Gasteiger partial charge in [0.15, 0.2) is 17.3 Å². The van der Waals surface area contributed by atoms with Gasteiger partial charge >= 0.3 is 0 Å². The average molecular weight is 420 g/mol. The van der Waals surface area contributed by atoms with Crippen LogP contribution in [0, 0.1) is 6.92 Å². The van der Waals surface area contributed by atoms with Crippen LogP contribution in [0.25, 0.3) is 0 Å². The molecule has 2 aromatic rings.